The van der Waals surface area contributed by atoms with Crippen LogP contribution in [0.1, 0.15) is 56.4 Å². The van der Waals surface area contributed by atoms with Crippen LogP contribution in [-0.2, 0) is 23.1 Å². The highest BCUT2D eigenvalue weighted by Gasteiger charge is 2.41. The summed E-state index contributed by atoms with van der Waals surface area (Å²) in [5.74, 6) is 0.487. The smallest absolute Gasteiger partial charge is 0.239 e. The largest absolute Gasteiger partial charge is 0.384 e. The van der Waals surface area contributed by atoms with Gasteiger partial charge in [-0.1, -0.05) is 12.1 Å². The Labute approximate surface area is 217 Å². The van der Waals surface area contributed by atoms with Crippen LogP contribution in [0.3, 0.4) is 0 Å². The lowest BCUT2D eigenvalue weighted by Crippen LogP contribution is -2.63. The van der Waals surface area contributed by atoms with Gasteiger partial charge in [0.2, 0.25) is 5.91 Å². The molecule has 1 aliphatic carbocycles. The van der Waals surface area contributed by atoms with Crippen LogP contribution in [0.25, 0.3) is 10.9 Å². The number of alkyl halides is 1. The van der Waals surface area contributed by atoms with Crippen LogP contribution in [-0.4, -0.2) is 62.4 Å². The Morgan fingerprint density at radius 2 is 1.95 bits per heavy atom. The van der Waals surface area contributed by atoms with Gasteiger partial charge in [-0.3, -0.25) is 19.4 Å². The third kappa shape index (κ3) is 5.33. The molecule has 9 heteroatoms. The van der Waals surface area contributed by atoms with Crippen molar-refractivity contribution < 1.29 is 14.3 Å². The predicted molar refractivity (Wildman–Crippen MR) is 142 cm³/mol. The number of carbonyl (C=O) groups excluding carboxylic acids is 1. The second-order valence-corrected chi connectivity index (χ2v) is 11.2. The Morgan fingerprint density at radius 1 is 1.22 bits per heavy atom. The third-order valence-corrected chi connectivity index (χ3v) is 7.91. The molecule has 2 aliphatic rings. The lowest BCUT2D eigenvalue weighted by atomic mass is 9.78. The molecule has 2 fully saturated rings. The minimum absolute atomic E-state index is 0.0890. The van der Waals surface area contributed by atoms with Crippen molar-refractivity contribution in [2.24, 2.45) is 7.05 Å². The average molecular weight is 509 g/mol. The Hall–Kier alpha value is -3.04. The first kappa shape index (κ1) is 25.6. The molecule has 1 saturated carbocycles. The molecule has 3 aromatic rings. The maximum Gasteiger partial charge on any atom is 0.239 e. The van der Waals surface area contributed by atoms with Crippen molar-refractivity contribution in [3.05, 3.63) is 53.3 Å². The van der Waals surface area contributed by atoms with Crippen LogP contribution in [0, 0.1) is 6.92 Å². The van der Waals surface area contributed by atoms with Gasteiger partial charge in [0.25, 0.3) is 0 Å². The number of nitrogens with one attached hydrogen (secondary N) is 2. The van der Waals surface area contributed by atoms with E-state index in [9.17, 15) is 14.3 Å². The van der Waals surface area contributed by atoms with Gasteiger partial charge < -0.3 is 15.7 Å². The van der Waals surface area contributed by atoms with E-state index in [0.29, 0.717) is 30.3 Å². The number of anilines is 1. The van der Waals surface area contributed by atoms with Gasteiger partial charge in [-0.25, -0.2) is 4.39 Å². The Bertz CT molecular complexity index is 1270. The molecule has 0 spiro atoms. The minimum atomic E-state index is -1.46. The molecule has 0 unspecified atom stereocenters. The van der Waals surface area contributed by atoms with Gasteiger partial charge in [0.1, 0.15) is 11.3 Å². The van der Waals surface area contributed by atoms with Gasteiger partial charge in [0.15, 0.2) is 5.82 Å². The second kappa shape index (κ2) is 9.68. The summed E-state index contributed by atoms with van der Waals surface area (Å²) in [5.41, 5.74) is 1.01. The molecule has 0 radical (unpaired) electrons. The van der Waals surface area contributed by atoms with Gasteiger partial charge in [-0.15, -0.1) is 0 Å². The molecule has 37 heavy (non-hydrogen) atoms. The molecule has 0 atom stereocenters. The molecule has 1 saturated heterocycles. The number of carbonyl (C=O) groups is 1. The fourth-order valence-electron chi connectivity index (χ4n) is 5.56. The van der Waals surface area contributed by atoms with E-state index in [1.165, 1.54) is 13.8 Å². The monoisotopic (exact) mass is 508 g/mol. The molecular weight excluding hydrogens is 471 g/mol. The van der Waals surface area contributed by atoms with Crippen molar-refractivity contribution in [2.75, 3.05) is 25.0 Å². The zero-order valence-electron chi connectivity index (χ0n) is 22.1. The zero-order valence-corrected chi connectivity index (χ0v) is 22.1. The number of hydrogen-bond donors (Lipinski definition) is 3. The fourth-order valence-corrected chi connectivity index (χ4v) is 5.56. The van der Waals surface area contributed by atoms with E-state index >= 15 is 0 Å². The SMILES string of the molecule is Cc1ccc(C2(O)CCC(N3CC(NC(=O)CNc4nn(C)c5ccc(C(C)(C)F)cc45)C3)CC2)nc1. The van der Waals surface area contributed by atoms with Crippen LogP contribution >= 0.6 is 0 Å². The van der Waals surface area contributed by atoms with E-state index < -0.39 is 11.3 Å². The standard InChI is InChI=1S/C28H37FN6O2/c1-18-5-8-24(30-14-18)28(37)11-9-21(10-12-28)35-16-20(17-35)32-25(36)15-31-26-22-13-19(27(2,3)29)6-7-23(22)34(4)33-26/h5-8,13-14,20-21,37H,9-12,15-17H2,1-4H3,(H,31,33)(H,32,36). The Morgan fingerprint density at radius 3 is 2.59 bits per heavy atom. The summed E-state index contributed by atoms with van der Waals surface area (Å²) in [6.45, 7) is 6.80. The summed E-state index contributed by atoms with van der Waals surface area (Å²) in [7, 11) is 1.83. The number of benzene rings is 1. The number of nitrogens with zero attached hydrogens (tertiary/aromatic N) is 4. The fraction of sp³-hybridized carbons (Fsp3) is 0.536. The number of rotatable bonds is 7. The van der Waals surface area contributed by atoms with Crippen molar-refractivity contribution in [1.29, 1.82) is 0 Å². The maximum atomic E-state index is 14.5. The van der Waals surface area contributed by atoms with Crippen LogP contribution < -0.4 is 10.6 Å². The topological polar surface area (TPSA) is 95.3 Å². The van der Waals surface area contributed by atoms with Crippen LogP contribution in [0.5, 0.6) is 0 Å². The lowest BCUT2D eigenvalue weighted by molar-refractivity contribution is -0.121. The molecule has 198 valence electrons. The lowest BCUT2D eigenvalue weighted by Gasteiger charge is -2.48. The first-order chi connectivity index (χ1) is 17.5. The summed E-state index contributed by atoms with van der Waals surface area (Å²) < 4.78 is 16.2. The van der Waals surface area contributed by atoms with Crippen LogP contribution in [0.2, 0.25) is 0 Å². The summed E-state index contributed by atoms with van der Waals surface area (Å²) in [6.07, 6.45) is 5.04. The minimum Gasteiger partial charge on any atom is -0.384 e. The van der Waals surface area contributed by atoms with E-state index in [1.54, 1.807) is 16.8 Å². The number of aromatic nitrogens is 3. The summed E-state index contributed by atoms with van der Waals surface area (Å²) in [6, 6.07) is 9.91. The highest BCUT2D eigenvalue weighted by atomic mass is 19.1. The van der Waals surface area contributed by atoms with Gasteiger partial charge in [-0.05, 0) is 75.8 Å². The summed E-state index contributed by atoms with van der Waals surface area (Å²) in [5, 5.41) is 22.6. The van der Waals surface area contributed by atoms with Crippen molar-refractivity contribution in [3.63, 3.8) is 0 Å². The quantitative estimate of drug-likeness (QED) is 0.452. The molecular formula is C28H37FN6O2. The van der Waals surface area contributed by atoms with E-state index in [0.717, 1.165) is 48.1 Å². The Kier molecular flexibility index (Phi) is 6.70. The van der Waals surface area contributed by atoms with Gasteiger partial charge in [0.05, 0.1) is 23.8 Å². The number of hydrogen-bond acceptors (Lipinski definition) is 6. The summed E-state index contributed by atoms with van der Waals surface area (Å²) >= 11 is 0. The van der Waals surface area contributed by atoms with E-state index in [1.807, 2.05) is 38.4 Å². The molecule has 5 rings (SSSR count). The number of aryl methyl sites for hydroxylation is 2. The van der Waals surface area contributed by atoms with Crippen molar-refractivity contribution >= 4 is 22.6 Å². The number of halogens is 1. The van der Waals surface area contributed by atoms with Gasteiger partial charge in [0, 0.05) is 37.8 Å². The first-order valence-corrected chi connectivity index (χ1v) is 13.1. The zero-order chi connectivity index (χ0) is 26.4. The van der Waals surface area contributed by atoms with E-state index in [4.69, 9.17) is 0 Å². The number of fused-ring (bicyclic) bond motifs is 1. The van der Waals surface area contributed by atoms with Gasteiger partial charge in [-0.2, -0.15) is 5.10 Å². The highest BCUT2D eigenvalue weighted by molar-refractivity contribution is 5.92. The van der Waals surface area contributed by atoms with E-state index in [2.05, 4.69) is 25.6 Å². The molecule has 8 nitrogen and oxygen atoms in total. The van der Waals surface area contributed by atoms with Gasteiger partial charge >= 0.3 is 0 Å². The van der Waals surface area contributed by atoms with E-state index in [-0.39, 0.29) is 18.5 Å². The number of aliphatic hydroxyl groups is 1. The summed E-state index contributed by atoms with van der Waals surface area (Å²) in [4.78, 5) is 19.5. The van der Waals surface area contributed by atoms with Crippen molar-refractivity contribution in [1.82, 2.24) is 25.0 Å². The highest BCUT2D eigenvalue weighted by Crippen LogP contribution is 2.38. The average Bonchev–Trinajstić information content (AvgIpc) is 3.15. The molecule has 1 aromatic carbocycles. The molecule has 1 amide bonds. The number of pyridine rings is 1. The molecule has 2 aromatic heterocycles. The molecule has 1 aliphatic heterocycles. The maximum absolute atomic E-state index is 14.5. The van der Waals surface area contributed by atoms with Crippen LogP contribution in [0.4, 0.5) is 10.2 Å². The second-order valence-electron chi connectivity index (χ2n) is 11.2. The first-order valence-electron chi connectivity index (χ1n) is 13.1. The number of amides is 1. The number of likely N-dealkylation sites (tertiary alicyclic amines) is 1. The van der Waals surface area contributed by atoms with Crippen molar-refractivity contribution in [2.45, 2.75) is 69.8 Å². The Balaban J connectivity index is 1.09. The van der Waals surface area contributed by atoms with Crippen molar-refractivity contribution in [3.8, 4) is 0 Å². The molecule has 0 bridgehead atoms. The normalized spacial score (nSPS) is 23.1. The van der Waals surface area contributed by atoms with Crippen LogP contribution in [0.15, 0.2) is 36.5 Å². The third-order valence-electron chi connectivity index (χ3n) is 7.91. The predicted octanol–water partition coefficient (Wildman–Crippen LogP) is 3.52. The molecule has 3 N–H and O–H groups in total. The molecule has 3 heterocycles.